The molecule has 0 aliphatic rings. The Morgan fingerprint density at radius 2 is 1.96 bits per heavy atom. The number of hydrogen-bond acceptors (Lipinski definition) is 4. The van der Waals surface area contributed by atoms with Gasteiger partial charge in [-0.15, -0.1) is 0 Å². The van der Waals surface area contributed by atoms with E-state index in [2.05, 4.69) is 15.3 Å². The Kier molecular flexibility index (Phi) is 5.23. The van der Waals surface area contributed by atoms with Gasteiger partial charge in [0.1, 0.15) is 10.9 Å². The minimum atomic E-state index is -0.176. The molecule has 1 aromatic heterocycles. The standard InChI is InChI=1S/C17H13Cl2N3OS/c1-10-20-14-5-3-2-4-12(14)17(21-10)24-9-16(23)22-15-8-11(18)6-7-13(15)19/h2-8H,9H2,1H3,(H,22,23). The fourth-order valence-electron chi connectivity index (χ4n) is 2.18. The molecule has 2 aromatic carbocycles. The summed E-state index contributed by atoms with van der Waals surface area (Å²) in [7, 11) is 0. The first-order valence-electron chi connectivity index (χ1n) is 7.14. The van der Waals surface area contributed by atoms with Gasteiger partial charge in [0.2, 0.25) is 5.91 Å². The van der Waals surface area contributed by atoms with E-state index in [0.29, 0.717) is 21.6 Å². The number of hydrogen-bond donors (Lipinski definition) is 1. The van der Waals surface area contributed by atoms with Gasteiger partial charge in [0.15, 0.2) is 0 Å². The first-order valence-corrected chi connectivity index (χ1v) is 8.88. The van der Waals surface area contributed by atoms with Crippen molar-refractivity contribution in [1.29, 1.82) is 0 Å². The number of aromatic nitrogens is 2. The van der Waals surface area contributed by atoms with Crippen molar-refractivity contribution >= 4 is 57.5 Å². The van der Waals surface area contributed by atoms with E-state index in [1.807, 2.05) is 31.2 Å². The number of carbonyl (C=O) groups is 1. The molecular formula is C17H13Cl2N3OS. The highest BCUT2D eigenvalue weighted by atomic mass is 35.5. The monoisotopic (exact) mass is 377 g/mol. The van der Waals surface area contributed by atoms with E-state index < -0.39 is 0 Å². The van der Waals surface area contributed by atoms with Gasteiger partial charge in [-0.25, -0.2) is 9.97 Å². The lowest BCUT2D eigenvalue weighted by Crippen LogP contribution is -2.14. The Bertz CT molecular complexity index is 917. The zero-order valence-corrected chi connectivity index (χ0v) is 15.0. The van der Waals surface area contributed by atoms with E-state index in [1.54, 1.807) is 18.2 Å². The maximum atomic E-state index is 12.2. The minimum Gasteiger partial charge on any atom is -0.324 e. The average molecular weight is 378 g/mol. The SMILES string of the molecule is Cc1nc(SCC(=O)Nc2cc(Cl)ccc2Cl)c2ccccc2n1. The Hall–Kier alpha value is -1.82. The molecule has 0 bridgehead atoms. The largest absolute Gasteiger partial charge is 0.324 e. The predicted molar refractivity (Wildman–Crippen MR) is 100 cm³/mol. The van der Waals surface area contributed by atoms with Crippen LogP contribution in [-0.2, 0) is 4.79 Å². The number of fused-ring (bicyclic) bond motifs is 1. The van der Waals surface area contributed by atoms with Crippen molar-refractivity contribution < 1.29 is 4.79 Å². The Balaban J connectivity index is 1.74. The molecule has 0 spiro atoms. The first kappa shape index (κ1) is 17.0. The summed E-state index contributed by atoms with van der Waals surface area (Å²) in [5, 5.41) is 5.44. The Morgan fingerprint density at radius 3 is 2.79 bits per heavy atom. The molecule has 0 radical (unpaired) electrons. The average Bonchev–Trinajstić information content (AvgIpc) is 2.56. The van der Waals surface area contributed by atoms with Gasteiger partial charge < -0.3 is 5.32 Å². The van der Waals surface area contributed by atoms with E-state index in [9.17, 15) is 4.79 Å². The van der Waals surface area contributed by atoms with Crippen LogP contribution in [0.25, 0.3) is 10.9 Å². The molecule has 0 atom stereocenters. The van der Waals surface area contributed by atoms with Gasteiger partial charge in [-0.3, -0.25) is 4.79 Å². The summed E-state index contributed by atoms with van der Waals surface area (Å²) in [6, 6.07) is 12.7. The van der Waals surface area contributed by atoms with Crippen LogP contribution in [0.3, 0.4) is 0 Å². The fraction of sp³-hybridized carbons (Fsp3) is 0.118. The molecule has 0 unspecified atom stereocenters. The highest BCUT2D eigenvalue weighted by Gasteiger charge is 2.11. The van der Waals surface area contributed by atoms with Crippen LogP contribution in [-0.4, -0.2) is 21.6 Å². The van der Waals surface area contributed by atoms with Gasteiger partial charge >= 0.3 is 0 Å². The molecule has 0 fully saturated rings. The summed E-state index contributed by atoms with van der Waals surface area (Å²) in [5.74, 6) is 0.711. The minimum absolute atomic E-state index is 0.176. The number of anilines is 1. The maximum Gasteiger partial charge on any atom is 0.234 e. The number of halogens is 2. The molecule has 1 amide bonds. The second kappa shape index (κ2) is 7.38. The molecular weight excluding hydrogens is 365 g/mol. The molecule has 3 rings (SSSR count). The number of nitrogens with zero attached hydrogens (tertiary/aromatic N) is 2. The van der Waals surface area contributed by atoms with Gasteiger partial charge in [-0.2, -0.15) is 0 Å². The van der Waals surface area contributed by atoms with Crippen LogP contribution in [0.1, 0.15) is 5.82 Å². The summed E-state index contributed by atoms with van der Waals surface area (Å²) in [4.78, 5) is 21.0. The summed E-state index contributed by atoms with van der Waals surface area (Å²) in [5.41, 5.74) is 1.37. The van der Waals surface area contributed by atoms with Crippen molar-refractivity contribution in [2.24, 2.45) is 0 Å². The van der Waals surface area contributed by atoms with Crippen molar-refractivity contribution in [1.82, 2.24) is 9.97 Å². The highest BCUT2D eigenvalue weighted by Crippen LogP contribution is 2.27. The fourth-order valence-corrected chi connectivity index (χ4v) is 3.38. The molecule has 0 aliphatic heterocycles. The zero-order valence-electron chi connectivity index (χ0n) is 12.7. The number of nitrogens with one attached hydrogen (secondary N) is 1. The third kappa shape index (κ3) is 3.98. The van der Waals surface area contributed by atoms with Crippen molar-refractivity contribution in [2.45, 2.75) is 11.9 Å². The first-order chi connectivity index (χ1) is 11.5. The molecule has 3 aromatic rings. The Morgan fingerprint density at radius 1 is 1.17 bits per heavy atom. The lowest BCUT2D eigenvalue weighted by Gasteiger charge is -2.09. The Labute approximate surface area is 153 Å². The number of carbonyl (C=O) groups excluding carboxylic acids is 1. The molecule has 4 nitrogen and oxygen atoms in total. The molecule has 7 heteroatoms. The second-order valence-corrected chi connectivity index (χ2v) is 6.86. The number of para-hydroxylation sites is 1. The third-order valence-electron chi connectivity index (χ3n) is 3.22. The van der Waals surface area contributed by atoms with E-state index in [0.717, 1.165) is 15.9 Å². The molecule has 1 heterocycles. The van der Waals surface area contributed by atoms with Crippen molar-refractivity contribution in [3.8, 4) is 0 Å². The predicted octanol–water partition coefficient (Wildman–Crippen LogP) is 4.98. The van der Waals surface area contributed by atoms with Gasteiger partial charge in [0, 0.05) is 10.4 Å². The van der Waals surface area contributed by atoms with Gasteiger partial charge in [-0.1, -0.05) is 53.2 Å². The second-order valence-electron chi connectivity index (χ2n) is 5.05. The molecule has 1 N–H and O–H groups in total. The lowest BCUT2D eigenvalue weighted by molar-refractivity contribution is -0.113. The van der Waals surface area contributed by atoms with Crippen LogP contribution in [0.15, 0.2) is 47.5 Å². The highest BCUT2D eigenvalue weighted by molar-refractivity contribution is 8.00. The molecule has 0 saturated carbocycles. The smallest absolute Gasteiger partial charge is 0.234 e. The quantitative estimate of drug-likeness (QED) is 0.514. The van der Waals surface area contributed by atoms with Crippen LogP contribution in [0, 0.1) is 6.92 Å². The van der Waals surface area contributed by atoms with Crippen molar-refractivity contribution in [3.05, 3.63) is 58.3 Å². The van der Waals surface area contributed by atoms with Crippen LogP contribution < -0.4 is 5.32 Å². The third-order valence-corrected chi connectivity index (χ3v) is 4.78. The summed E-state index contributed by atoms with van der Waals surface area (Å²) < 4.78 is 0. The van der Waals surface area contributed by atoms with Crippen molar-refractivity contribution in [2.75, 3.05) is 11.1 Å². The number of aryl methyl sites for hydroxylation is 1. The number of benzene rings is 2. The summed E-state index contributed by atoms with van der Waals surface area (Å²) in [6.07, 6.45) is 0. The van der Waals surface area contributed by atoms with Crippen LogP contribution >= 0.6 is 35.0 Å². The summed E-state index contributed by atoms with van der Waals surface area (Å²) >= 11 is 13.3. The van der Waals surface area contributed by atoms with Gasteiger partial charge in [0.05, 0.1) is 22.0 Å². The van der Waals surface area contributed by atoms with E-state index in [-0.39, 0.29) is 11.7 Å². The normalized spacial score (nSPS) is 10.8. The van der Waals surface area contributed by atoms with Crippen LogP contribution in [0.5, 0.6) is 0 Å². The summed E-state index contributed by atoms with van der Waals surface area (Å²) in [6.45, 7) is 1.84. The number of amides is 1. The molecule has 122 valence electrons. The van der Waals surface area contributed by atoms with E-state index in [4.69, 9.17) is 23.2 Å². The zero-order chi connectivity index (χ0) is 17.1. The lowest BCUT2D eigenvalue weighted by atomic mass is 10.2. The molecule has 0 aliphatic carbocycles. The number of rotatable bonds is 4. The topological polar surface area (TPSA) is 54.9 Å². The van der Waals surface area contributed by atoms with Crippen molar-refractivity contribution in [3.63, 3.8) is 0 Å². The van der Waals surface area contributed by atoms with Gasteiger partial charge in [-0.05, 0) is 31.2 Å². The van der Waals surface area contributed by atoms with Crippen LogP contribution in [0.2, 0.25) is 10.0 Å². The van der Waals surface area contributed by atoms with E-state index in [1.165, 1.54) is 11.8 Å². The maximum absolute atomic E-state index is 12.2. The van der Waals surface area contributed by atoms with E-state index >= 15 is 0 Å². The number of thioether (sulfide) groups is 1. The van der Waals surface area contributed by atoms with Gasteiger partial charge in [0.25, 0.3) is 0 Å². The molecule has 0 saturated heterocycles. The molecule has 24 heavy (non-hydrogen) atoms. The van der Waals surface area contributed by atoms with Crippen LogP contribution in [0.4, 0.5) is 5.69 Å².